The van der Waals surface area contributed by atoms with Crippen LogP contribution in [0, 0.1) is 0 Å². The first-order valence-electron chi connectivity index (χ1n) is 7.60. The molecule has 0 spiro atoms. The van der Waals surface area contributed by atoms with Crippen molar-refractivity contribution in [1.82, 2.24) is 0 Å². The number of carbonyl (C=O) groups excluding carboxylic acids is 1. The van der Waals surface area contributed by atoms with Gasteiger partial charge in [-0.2, -0.15) is 0 Å². The molecular formula is C17H20N2O5S. The minimum atomic E-state index is -3.98. The molecule has 0 saturated heterocycles. The van der Waals surface area contributed by atoms with Crippen LogP contribution >= 0.6 is 0 Å². The average Bonchev–Trinajstić information content (AvgIpc) is 2.59. The van der Waals surface area contributed by atoms with Gasteiger partial charge in [-0.05, 0) is 48.9 Å². The first-order valence-corrected chi connectivity index (χ1v) is 9.15. The molecular weight excluding hydrogens is 344 g/mol. The minimum Gasteiger partial charge on any atom is -0.495 e. The topological polar surface area (TPSA) is 108 Å². The van der Waals surface area contributed by atoms with Gasteiger partial charge in [-0.15, -0.1) is 0 Å². The van der Waals surface area contributed by atoms with Gasteiger partial charge in [0.25, 0.3) is 5.91 Å². The lowest BCUT2D eigenvalue weighted by Crippen LogP contribution is -2.16. The Kier molecular flexibility index (Phi) is 6.00. The number of sulfonamides is 1. The Bertz CT molecular complexity index is 848. The van der Waals surface area contributed by atoms with Gasteiger partial charge in [0, 0.05) is 11.3 Å². The quantitative estimate of drug-likeness (QED) is 0.784. The third-order valence-electron chi connectivity index (χ3n) is 3.32. The number of primary sulfonamides is 1. The van der Waals surface area contributed by atoms with Crippen LogP contribution in [0.15, 0.2) is 47.4 Å². The van der Waals surface area contributed by atoms with Gasteiger partial charge in [-0.1, -0.05) is 6.92 Å². The van der Waals surface area contributed by atoms with E-state index in [1.807, 2.05) is 6.92 Å². The van der Waals surface area contributed by atoms with Gasteiger partial charge < -0.3 is 14.8 Å². The fraction of sp³-hybridized carbons (Fsp3) is 0.235. The Morgan fingerprint density at radius 1 is 1.16 bits per heavy atom. The summed E-state index contributed by atoms with van der Waals surface area (Å²) < 4.78 is 33.7. The second-order valence-corrected chi connectivity index (χ2v) is 6.77. The molecule has 2 aromatic carbocycles. The summed E-state index contributed by atoms with van der Waals surface area (Å²) in [6, 6.07) is 10.9. The van der Waals surface area contributed by atoms with Gasteiger partial charge >= 0.3 is 0 Å². The number of hydrogen-bond donors (Lipinski definition) is 2. The molecule has 0 aromatic heterocycles. The van der Waals surface area contributed by atoms with Crippen molar-refractivity contribution in [1.29, 1.82) is 0 Å². The van der Waals surface area contributed by atoms with E-state index in [-0.39, 0.29) is 16.6 Å². The smallest absolute Gasteiger partial charge is 0.255 e. The van der Waals surface area contributed by atoms with Gasteiger partial charge in [0.05, 0.1) is 13.7 Å². The molecule has 0 radical (unpaired) electrons. The number of rotatable bonds is 7. The monoisotopic (exact) mass is 364 g/mol. The van der Waals surface area contributed by atoms with Crippen molar-refractivity contribution < 1.29 is 22.7 Å². The summed E-state index contributed by atoms with van der Waals surface area (Å²) >= 11 is 0. The van der Waals surface area contributed by atoms with E-state index in [2.05, 4.69) is 5.32 Å². The van der Waals surface area contributed by atoms with Crippen molar-refractivity contribution in [2.75, 3.05) is 19.0 Å². The third kappa shape index (κ3) is 4.94. The van der Waals surface area contributed by atoms with E-state index in [1.165, 1.54) is 25.3 Å². The number of nitrogens with one attached hydrogen (secondary N) is 1. The third-order valence-corrected chi connectivity index (χ3v) is 4.25. The number of ether oxygens (including phenoxy) is 2. The number of nitrogens with two attached hydrogens (primary N) is 1. The fourth-order valence-corrected chi connectivity index (χ4v) is 2.83. The molecule has 0 aliphatic carbocycles. The summed E-state index contributed by atoms with van der Waals surface area (Å²) in [6.07, 6.45) is 0.895. The van der Waals surface area contributed by atoms with E-state index in [0.717, 1.165) is 6.42 Å². The molecule has 0 heterocycles. The van der Waals surface area contributed by atoms with E-state index in [9.17, 15) is 13.2 Å². The van der Waals surface area contributed by atoms with Gasteiger partial charge in [-0.3, -0.25) is 4.79 Å². The zero-order valence-electron chi connectivity index (χ0n) is 14.0. The lowest BCUT2D eigenvalue weighted by atomic mass is 10.2. The first-order chi connectivity index (χ1) is 11.8. The molecule has 8 heteroatoms. The molecule has 25 heavy (non-hydrogen) atoms. The first kappa shape index (κ1) is 18.8. The maximum atomic E-state index is 12.3. The number of anilines is 1. The molecule has 2 aromatic rings. The molecule has 0 unspecified atom stereocenters. The van der Waals surface area contributed by atoms with Gasteiger partial charge in [0.2, 0.25) is 10.0 Å². The second kappa shape index (κ2) is 8.00. The number of methoxy groups -OCH3 is 1. The summed E-state index contributed by atoms with van der Waals surface area (Å²) in [6.45, 7) is 2.61. The number of hydrogen-bond acceptors (Lipinski definition) is 5. The van der Waals surface area contributed by atoms with Crippen LogP contribution in [0.1, 0.15) is 23.7 Å². The average molecular weight is 364 g/mol. The van der Waals surface area contributed by atoms with E-state index < -0.39 is 10.0 Å². The Morgan fingerprint density at radius 3 is 2.40 bits per heavy atom. The van der Waals surface area contributed by atoms with E-state index in [1.54, 1.807) is 24.3 Å². The van der Waals surface area contributed by atoms with Crippen molar-refractivity contribution in [2.24, 2.45) is 5.14 Å². The SMILES string of the molecule is CCCOc1ccc(C(=O)Nc2ccc(OC)c(S(N)(=O)=O)c2)cc1. The largest absolute Gasteiger partial charge is 0.495 e. The maximum Gasteiger partial charge on any atom is 0.255 e. The number of benzene rings is 2. The van der Waals surface area contributed by atoms with Crippen LogP contribution < -0.4 is 19.9 Å². The van der Waals surface area contributed by atoms with Crippen LogP contribution in [0.5, 0.6) is 11.5 Å². The Balaban J connectivity index is 2.17. The highest BCUT2D eigenvalue weighted by Gasteiger charge is 2.16. The molecule has 3 N–H and O–H groups in total. The van der Waals surface area contributed by atoms with Gasteiger partial charge in [-0.25, -0.2) is 13.6 Å². The molecule has 0 bridgehead atoms. The van der Waals surface area contributed by atoms with Gasteiger partial charge in [0.15, 0.2) is 0 Å². The standard InChI is InChI=1S/C17H20N2O5S/c1-3-10-24-14-7-4-12(5-8-14)17(20)19-13-6-9-15(23-2)16(11-13)25(18,21)22/h4-9,11H,3,10H2,1-2H3,(H,19,20)(H2,18,21,22). The van der Waals surface area contributed by atoms with Crippen molar-refractivity contribution >= 4 is 21.6 Å². The predicted octanol–water partition coefficient (Wildman–Crippen LogP) is 2.38. The van der Waals surface area contributed by atoms with Crippen LogP contribution in [-0.2, 0) is 10.0 Å². The van der Waals surface area contributed by atoms with Crippen LogP contribution in [0.2, 0.25) is 0 Å². The molecule has 1 amide bonds. The molecule has 0 saturated carbocycles. The Labute approximate surface area is 146 Å². The van der Waals surface area contributed by atoms with E-state index in [0.29, 0.717) is 23.6 Å². The van der Waals surface area contributed by atoms with Crippen molar-refractivity contribution in [2.45, 2.75) is 18.2 Å². The highest BCUT2D eigenvalue weighted by Crippen LogP contribution is 2.26. The van der Waals surface area contributed by atoms with Crippen LogP contribution in [0.3, 0.4) is 0 Å². The summed E-state index contributed by atoms with van der Waals surface area (Å²) in [5.74, 6) is 0.407. The summed E-state index contributed by atoms with van der Waals surface area (Å²) in [5, 5.41) is 7.80. The zero-order chi connectivity index (χ0) is 18.4. The lowest BCUT2D eigenvalue weighted by molar-refractivity contribution is 0.102. The molecule has 7 nitrogen and oxygen atoms in total. The number of amides is 1. The molecule has 134 valence electrons. The fourth-order valence-electron chi connectivity index (χ4n) is 2.10. The zero-order valence-corrected chi connectivity index (χ0v) is 14.8. The summed E-state index contributed by atoms with van der Waals surface area (Å²) in [5.41, 5.74) is 0.706. The molecule has 0 fully saturated rings. The second-order valence-electron chi connectivity index (χ2n) is 5.24. The van der Waals surface area contributed by atoms with Crippen molar-refractivity contribution in [3.63, 3.8) is 0 Å². The van der Waals surface area contributed by atoms with Crippen LogP contribution in [0.4, 0.5) is 5.69 Å². The van der Waals surface area contributed by atoms with Crippen LogP contribution in [-0.4, -0.2) is 28.0 Å². The maximum absolute atomic E-state index is 12.3. The van der Waals surface area contributed by atoms with E-state index >= 15 is 0 Å². The van der Waals surface area contributed by atoms with E-state index in [4.69, 9.17) is 14.6 Å². The van der Waals surface area contributed by atoms with Gasteiger partial charge in [0.1, 0.15) is 16.4 Å². The van der Waals surface area contributed by atoms with Crippen molar-refractivity contribution in [3.05, 3.63) is 48.0 Å². The molecule has 0 atom stereocenters. The highest BCUT2D eigenvalue weighted by molar-refractivity contribution is 7.89. The predicted molar refractivity (Wildman–Crippen MR) is 94.5 cm³/mol. The summed E-state index contributed by atoms with van der Waals surface area (Å²) in [7, 11) is -2.64. The highest BCUT2D eigenvalue weighted by atomic mass is 32.2. The number of carbonyl (C=O) groups is 1. The molecule has 0 aliphatic rings. The Hall–Kier alpha value is -2.58. The minimum absolute atomic E-state index is 0.109. The van der Waals surface area contributed by atoms with Crippen molar-refractivity contribution in [3.8, 4) is 11.5 Å². The van der Waals surface area contributed by atoms with Crippen LogP contribution in [0.25, 0.3) is 0 Å². The Morgan fingerprint density at radius 2 is 1.84 bits per heavy atom. The molecule has 0 aliphatic heterocycles. The summed E-state index contributed by atoms with van der Waals surface area (Å²) in [4.78, 5) is 12.1. The molecule has 2 rings (SSSR count). The normalized spacial score (nSPS) is 11.0. The lowest BCUT2D eigenvalue weighted by Gasteiger charge is -2.11.